The Hall–Kier alpha value is -2.34. The third-order valence-corrected chi connectivity index (χ3v) is 2.45. The number of benzene rings is 1. The van der Waals surface area contributed by atoms with Crippen LogP contribution in [0.5, 0.6) is 5.75 Å². The van der Waals surface area contributed by atoms with Crippen molar-refractivity contribution in [2.24, 2.45) is 0 Å². The Balaban J connectivity index is 2.94. The molecule has 1 aromatic carbocycles. The highest BCUT2D eigenvalue weighted by Crippen LogP contribution is 2.23. The fraction of sp³-hybridized carbons (Fsp3) is 0.0909. The van der Waals surface area contributed by atoms with Crippen molar-refractivity contribution in [2.75, 3.05) is 0 Å². The standard InChI is InChI=1S/C11H9NO5/c13-4-5-1-2-7(14)10-9(5)8(15)3-6(12-10)11(16)17/h1-3,13-14H,4H2,(H,12,15)(H,16,17). The van der Waals surface area contributed by atoms with E-state index in [1.165, 1.54) is 12.1 Å². The number of H-pyrrole nitrogens is 1. The maximum absolute atomic E-state index is 11.7. The molecule has 6 heteroatoms. The third-order valence-electron chi connectivity index (χ3n) is 2.45. The number of carboxylic acid groups (broad SMARTS) is 1. The average Bonchev–Trinajstić information content (AvgIpc) is 2.30. The van der Waals surface area contributed by atoms with E-state index in [-0.39, 0.29) is 29.0 Å². The predicted molar refractivity (Wildman–Crippen MR) is 59.1 cm³/mol. The SMILES string of the molecule is O=C(O)c1cc(=O)c2c(CO)ccc(O)c2[nH]1. The minimum absolute atomic E-state index is 0.0152. The van der Waals surface area contributed by atoms with Crippen molar-refractivity contribution in [3.05, 3.63) is 39.7 Å². The average molecular weight is 235 g/mol. The molecule has 0 aliphatic rings. The van der Waals surface area contributed by atoms with Crippen molar-refractivity contribution in [1.29, 1.82) is 0 Å². The molecule has 0 aliphatic heterocycles. The Bertz CT molecular complexity index is 659. The van der Waals surface area contributed by atoms with E-state index in [1.807, 2.05) is 0 Å². The Morgan fingerprint density at radius 3 is 2.65 bits per heavy atom. The summed E-state index contributed by atoms with van der Waals surface area (Å²) in [6, 6.07) is 3.62. The number of aromatic nitrogens is 1. The molecule has 0 atom stereocenters. The molecule has 0 fully saturated rings. The van der Waals surface area contributed by atoms with Crippen LogP contribution in [0.1, 0.15) is 16.1 Å². The Kier molecular flexibility index (Phi) is 2.57. The quantitative estimate of drug-likeness (QED) is 0.603. The molecule has 0 saturated carbocycles. The first-order chi connectivity index (χ1) is 8.04. The molecule has 1 aromatic heterocycles. The number of carbonyl (C=O) groups is 1. The highest BCUT2D eigenvalue weighted by Gasteiger charge is 2.13. The first kappa shape index (κ1) is 11.2. The van der Waals surface area contributed by atoms with Gasteiger partial charge in [0.05, 0.1) is 17.5 Å². The van der Waals surface area contributed by atoms with Crippen LogP contribution in [-0.2, 0) is 6.61 Å². The summed E-state index contributed by atoms with van der Waals surface area (Å²) < 4.78 is 0. The van der Waals surface area contributed by atoms with E-state index in [4.69, 9.17) is 10.2 Å². The molecule has 0 amide bonds. The van der Waals surface area contributed by atoms with Crippen molar-refractivity contribution in [3.8, 4) is 5.75 Å². The highest BCUT2D eigenvalue weighted by atomic mass is 16.4. The number of hydrogen-bond acceptors (Lipinski definition) is 4. The third kappa shape index (κ3) is 1.74. The number of carboxylic acids is 1. The summed E-state index contributed by atoms with van der Waals surface area (Å²) in [5.41, 5.74) is -0.526. The zero-order chi connectivity index (χ0) is 12.6. The maximum Gasteiger partial charge on any atom is 0.352 e. The van der Waals surface area contributed by atoms with E-state index in [0.717, 1.165) is 6.07 Å². The van der Waals surface area contributed by atoms with Gasteiger partial charge in [0.15, 0.2) is 5.43 Å². The first-order valence-electron chi connectivity index (χ1n) is 4.76. The van der Waals surface area contributed by atoms with Crippen LogP contribution in [0.25, 0.3) is 10.9 Å². The van der Waals surface area contributed by atoms with Gasteiger partial charge in [-0.15, -0.1) is 0 Å². The largest absolute Gasteiger partial charge is 0.506 e. The van der Waals surface area contributed by atoms with Gasteiger partial charge in [0.25, 0.3) is 0 Å². The predicted octanol–water partition coefficient (Wildman–Crippen LogP) is 0.424. The fourth-order valence-electron chi connectivity index (χ4n) is 1.66. The molecule has 2 aromatic rings. The van der Waals surface area contributed by atoms with E-state index in [9.17, 15) is 14.7 Å². The van der Waals surface area contributed by atoms with Gasteiger partial charge in [-0.1, -0.05) is 6.07 Å². The van der Waals surface area contributed by atoms with Crippen LogP contribution in [0.3, 0.4) is 0 Å². The summed E-state index contributed by atoms with van der Waals surface area (Å²) in [4.78, 5) is 24.9. The number of hydrogen-bond donors (Lipinski definition) is 4. The topological polar surface area (TPSA) is 111 Å². The molecule has 0 radical (unpaired) electrons. The Labute approximate surface area is 94.8 Å². The summed E-state index contributed by atoms with van der Waals surface area (Å²) in [5.74, 6) is -1.53. The van der Waals surface area contributed by atoms with Gasteiger partial charge in [0.2, 0.25) is 0 Å². The number of aromatic amines is 1. The molecule has 1 heterocycles. The minimum Gasteiger partial charge on any atom is -0.506 e. The number of nitrogens with one attached hydrogen (secondary N) is 1. The van der Waals surface area contributed by atoms with Gasteiger partial charge in [-0.3, -0.25) is 4.79 Å². The number of pyridine rings is 1. The van der Waals surface area contributed by atoms with Crippen LogP contribution in [0, 0.1) is 0 Å². The Morgan fingerprint density at radius 1 is 1.35 bits per heavy atom. The normalized spacial score (nSPS) is 10.6. The molecule has 17 heavy (non-hydrogen) atoms. The number of fused-ring (bicyclic) bond motifs is 1. The lowest BCUT2D eigenvalue weighted by Crippen LogP contribution is -2.11. The fourth-order valence-corrected chi connectivity index (χ4v) is 1.66. The lowest BCUT2D eigenvalue weighted by Gasteiger charge is -2.06. The number of aromatic hydroxyl groups is 1. The van der Waals surface area contributed by atoms with E-state index < -0.39 is 11.4 Å². The van der Waals surface area contributed by atoms with Crippen molar-refractivity contribution >= 4 is 16.9 Å². The number of phenolic OH excluding ortho intramolecular Hbond substituents is 1. The lowest BCUT2D eigenvalue weighted by molar-refractivity contribution is 0.0691. The minimum atomic E-state index is -1.29. The number of rotatable bonds is 2. The van der Waals surface area contributed by atoms with Gasteiger partial charge < -0.3 is 20.3 Å². The summed E-state index contributed by atoms with van der Waals surface area (Å²) in [7, 11) is 0. The molecule has 2 rings (SSSR count). The van der Waals surface area contributed by atoms with E-state index in [2.05, 4.69) is 4.98 Å². The first-order valence-corrected chi connectivity index (χ1v) is 4.76. The second-order valence-electron chi connectivity index (χ2n) is 3.50. The van der Waals surface area contributed by atoms with Gasteiger partial charge in [-0.25, -0.2) is 4.79 Å². The monoisotopic (exact) mass is 235 g/mol. The zero-order valence-electron chi connectivity index (χ0n) is 8.60. The van der Waals surface area contributed by atoms with Crippen LogP contribution in [-0.4, -0.2) is 26.3 Å². The summed E-state index contributed by atoms with van der Waals surface area (Å²) in [6.07, 6.45) is 0. The van der Waals surface area contributed by atoms with E-state index >= 15 is 0 Å². The van der Waals surface area contributed by atoms with Gasteiger partial charge in [-0.05, 0) is 11.6 Å². The van der Waals surface area contributed by atoms with Crippen molar-refractivity contribution in [2.45, 2.75) is 6.61 Å². The molecule has 4 N–H and O–H groups in total. The molecule has 0 bridgehead atoms. The molecular formula is C11H9NO5. The van der Waals surface area contributed by atoms with E-state index in [1.54, 1.807) is 0 Å². The number of aromatic carboxylic acids is 1. The molecule has 0 unspecified atom stereocenters. The van der Waals surface area contributed by atoms with Crippen LogP contribution < -0.4 is 5.43 Å². The molecular weight excluding hydrogens is 226 g/mol. The highest BCUT2D eigenvalue weighted by molar-refractivity contribution is 5.93. The second kappa shape index (κ2) is 3.91. The van der Waals surface area contributed by atoms with Crippen LogP contribution in [0.2, 0.25) is 0 Å². The van der Waals surface area contributed by atoms with Gasteiger partial charge in [0.1, 0.15) is 11.4 Å². The van der Waals surface area contributed by atoms with Gasteiger partial charge in [-0.2, -0.15) is 0 Å². The molecule has 6 nitrogen and oxygen atoms in total. The van der Waals surface area contributed by atoms with Crippen molar-refractivity contribution in [1.82, 2.24) is 4.98 Å². The number of aliphatic hydroxyl groups excluding tert-OH is 1. The summed E-state index contributed by atoms with van der Waals surface area (Å²) in [6.45, 7) is -0.369. The molecule has 88 valence electrons. The van der Waals surface area contributed by atoms with Crippen LogP contribution in [0.4, 0.5) is 0 Å². The van der Waals surface area contributed by atoms with Gasteiger partial charge >= 0.3 is 5.97 Å². The molecule has 0 spiro atoms. The van der Waals surface area contributed by atoms with Gasteiger partial charge in [0, 0.05) is 6.07 Å². The Morgan fingerprint density at radius 2 is 2.06 bits per heavy atom. The molecule has 0 saturated heterocycles. The molecule has 0 aliphatic carbocycles. The zero-order valence-corrected chi connectivity index (χ0v) is 8.60. The number of phenols is 1. The smallest absolute Gasteiger partial charge is 0.352 e. The summed E-state index contributed by atoms with van der Waals surface area (Å²) >= 11 is 0. The summed E-state index contributed by atoms with van der Waals surface area (Å²) in [5, 5.41) is 27.5. The maximum atomic E-state index is 11.7. The van der Waals surface area contributed by atoms with Crippen molar-refractivity contribution < 1.29 is 20.1 Å². The van der Waals surface area contributed by atoms with E-state index in [0.29, 0.717) is 5.56 Å². The van der Waals surface area contributed by atoms with Crippen LogP contribution in [0.15, 0.2) is 23.0 Å². The number of aliphatic hydroxyl groups is 1. The van der Waals surface area contributed by atoms with Crippen LogP contribution >= 0.6 is 0 Å². The lowest BCUT2D eigenvalue weighted by atomic mass is 10.1. The second-order valence-corrected chi connectivity index (χ2v) is 3.50. The van der Waals surface area contributed by atoms with Crippen molar-refractivity contribution in [3.63, 3.8) is 0 Å².